The maximum atomic E-state index is 12.0. The van der Waals surface area contributed by atoms with Crippen molar-refractivity contribution in [3.05, 3.63) is 35.2 Å². The first-order chi connectivity index (χ1) is 9.63. The summed E-state index contributed by atoms with van der Waals surface area (Å²) in [5.74, 6) is 0.0451. The van der Waals surface area contributed by atoms with Gasteiger partial charge >= 0.3 is 5.97 Å². The van der Waals surface area contributed by atoms with E-state index in [0.717, 1.165) is 12.0 Å². The fraction of sp³-hybridized carbons (Fsp3) is 0.385. The second kappa shape index (κ2) is 6.14. The van der Waals surface area contributed by atoms with Crippen LogP contribution < -0.4 is 5.73 Å². The largest absolute Gasteiger partial charge is 0.454 e. The van der Waals surface area contributed by atoms with E-state index in [4.69, 9.17) is 10.5 Å². The van der Waals surface area contributed by atoms with Gasteiger partial charge in [-0.3, -0.25) is 0 Å². The van der Waals surface area contributed by atoms with Gasteiger partial charge in [-0.15, -0.1) is 5.10 Å². The third kappa shape index (κ3) is 2.93. The summed E-state index contributed by atoms with van der Waals surface area (Å²) in [5.41, 5.74) is 7.50. The molecule has 106 valence electrons. The first-order valence-corrected chi connectivity index (χ1v) is 6.40. The van der Waals surface area contributed by atoms with E-state index >= 15 is 0 Å². The monoisotopic (exact) mass is 275 g/mol. The van der Waals surface area contributed by atoms with Crippen LogP contribution in [0.3, 0.4) is 0 Å². The average Bonchev–Trinajstić information content (AvgIpc) is 2.87. The molecule has 1 heterocycles. The number of benzene rings is 1. The zero-order valence-corrected chi connectivity index (χ0v) is 11.5. The second-order valence-corrected chi connectivity index (χ2v) is 4.43. The third-order valence-electron chi connectivity index (χ3n) is 2.92. The lowest BCUT2D eigenvalue weighted by Crippen LogP contribution is -2.12. The van der Waals surface area contributed by atoms with Crippen molar-refractivity contribution >= 4 is 11.7 Å². The number of nitrogens with zero attached hydrogens (tertiary/aromatic N) is 4. The molecule has 0 spiro atoms. The van der Waals surface area contributed by atoms with Gasteiger partial charge in [0.2, 0.25) is 0 Å². The highest BCUT2D eigenvalue weighted by atomic mass is 16.5. The van der Waals surface area contributed by atoms with Gasteiger partial charge < -0.3 is 10.5 Å². The summed E-state index contributed by atoms with van der Waals surface area (Å²) in [5, 5.41) is 11.2. The summed E-state index contributed by atoms with van der Waals surface area (Å²) in [6.07, 6.45) is 0.900. The average molecular weight is 275 g/mol. The number of ether oxygens (including phenoxy) is 1. The summed E-state index contributed by atoms with van der Waals surface area (Å²) >= 11 is 0. The first-order valence-electron chi connectivity index (χ1n) is 6.40. The van der Waals surface area contributed by atoms with Crippen LogP contribution in [0.25, 0.3) is 0 Å². The summed E-state index contributed by atoms with van der Waals surface area (Å²) in [4.78, 5) is 12.0. The van der Waals surface area contributed by atoms with Gasteiger partial charge in [0.1, 0.15) is 0 Å². The molecule has 20 heavy (non-hydrogen) atoms. The summed E-state index contributed by atoms with van der Waals surface area (Å²) in [6.45, 7) is 4.57. The Balaban J connectivity index is 2.05. The molecule has 0 saturated heterocycles. The van der Waals surface area contributed by atoms with Crippen LogP contribution in [-0.4, -0.2) is 26.2 Å². The summed E-state index contributed by atoms with van der Waals surface area (Å²) < 4.78 is 6.83. The Kier molecular flexibility index (Phi) is 4.29. The lowest BCUT2D eigenvalue weighted by molar-refractivity contribution is 0.0457. The van der Waals surface area contributed by atoms with Gasteiger partial charge in [0.05, 0.1) is 5.56 Å². The van der Waals surface area contributed by atoms with E-state index < -0.39 is 5.97 Å². The lowest BCUT2D eigenvalue weighted by atomic mass is 10.1. The Morgan fingerprint density at radius 3 is 3.00 bits per heavy atom. The number of hydrogen-bond donors (Lipinski definition) is 1. The Morgan fingerprint density at radius 1 is 1.45 bits per heavy atom. The van der Waals surface area contributed by atoms with Crippen LogP contribution in [0.15, 0.2) is 18.2 Å². The van der Waals surface area contributed by atoms with Crippen molar-refractivity contribution in [1.29, 1.82) is 0 Å². The molecule has 0 aliphatic rings. The minimum absolute atomic E-state index is 0.0270. The predicted octanol–water partition coefficient (Wildman–Crippen LogP) is 1.33. The molecule has 0 radical (unpaired) electrons. The quantitative estimate of drug-likeness (QED) is 0.653. The number of aryl methyl sites for hydroxylation is 2. The normalized spacial score (nSPS) is 10.5. The number of tetrazole rings is 1. The molecule has 0 unspecified atom stereocenters. The standard InChI is InChI=1S/C13H17N5O2/c1-3-7-18-11(15-16-17-18)8-20-13(19)10-6-4-5-9(2)12(10)14/h4-6H,3,7-8,14H2,1-2H3. The maximum absolute atomic E-state index is 12.0. The van der Waals surface area contributed by atoms with Crippen LogP contribution in [0.1, 0.15) is 35.1 Å². The number of anilines is 1. The van der Waals surface area contributed by atoms with E-state index in [1.54, 1.807) is 16.8 Å². The highest BCUT2D eigenvalue weighted by Crippen LogP contribution is 2.17. The molecule has 0 aliphatic heterocycles. The Morgan fingerprint density at radius 2 is 2.25 bits per heavy atom. The smallest absolute Gasteiger partial charge is 0.340 e. The number of aromatic nitrogens is 4. The summed E-state index contributed by atoms with van der Waals surface area (Å²) in [7, 11) is 0. The molecule has 1 aromatic carbocycles. The zero-order chi connectivity index (χ0) is 14.5. The first kappa shape index (κ1) is 14.0. The Hall–Kier alpha value is -2.44. The van der Waals surface area contributed by atoms with E-state index in [0.29, 0.717) is 23.6 Å². The molecule has 0 saturated carbocycles. The molecule has 0 bridgehead atoms. The topological polar surface area (TPSA) is 95.9 Å². The molecular weight excluding hydrogens is 258 g/mol. The molecule has 0 aliphatic carbocycles. The van der Waals surface area contributed by atoms with Crippen LogP contribution >= 0.6 is 0 Å². The van der Waals surface area contributed by atoms with Crippen molar-refractivity contribution in [1.82, 2.24) is 20.2 Å². The third-order valence-corrected chi connectivity index (χ3v) is 2.92. The van der Waals surface area contributed by atoms with Gasteiger partial charge in [-0.2, -0.15) is 0 Å². The van der Waals surface area contributed by atoms with Gasteiger partial charge in [-0.05, 0) is 35.4 Å². The van der Waals surface area contributed by atoms with Crippen LogP contribution in [-0.2, 0) is 17.9 Å². The molecule has 0 atom stereocenters. The highest BCUT2D eigenvalue weighted by Gasteiger charge is 2.14. The van der Waals surface area contributed by atoms with Gasteiger partial charge in [0.15, 0.2) is 12.4 Å². The van der Waals surface area contributed by atoms with Crippen molar-refractivity contribution in [3.63, 3.8) is 0 Å². The van der Waals surface area contributed by atoms with E-state index in [-0.39, 0.29) is 6.61 Å². The van der Waals surface area contributed by atoms with Crippen LogP contribution in [0.4, 0.5) is 5.69 Å². The van der Waals surface area contributed by atoms with Crippen molar-refractivity contribution in [3.8, 4) is 0 Å². The second-order valence-electron chi connectivity index (χ2n) is 4.43. The molecule has 7 heteroatoms. The van der Waals surface area contributed by atoms with E-state index in [2.05, 4.69) is 15.5 Å². The van der Waals surface area contributed by atoms with Crippen molar-refractivity contribution in [2.45, 2.75) is 33.4 Å². The number of rotatable bonds is 5. The minimum atomic E-state index is -0.475. The van der Waals surface area contributed by atoms with E-state index in [9.17, 15) is 4.79 Å². The molecule has 2 rings (SSSR count). The number of nitrogen functional groups attached to an aromatic ring is 1. The zero-order valence-electron chi connectivity index (χ0n) is 11.5. The molecule has 7 nitrogen and oxygen atoms in total. The van der Waals surface area contributed by atoms with Crippen LogP contribution in [0.5, 0.6) is 0 Å². The fourth-order valence-corrected chi connectivity index (χ4v) is 1.78. The van der Waals surface area contributed by atoms with E-state index in [1.807, 2.05) is 19.9 Å². The van der Waals surface area contributed by atoms with Gasteiger partial charge in [-0.25, -0.2) is 9.48 Å². The van der Waals surface area contributed by atoms with Crippen LogP contribution in [0, 0.1) is 6.92 Å². The molecule has 0 fully saturated rings. The number of nitrogens with two attached hydrogens (primary N) is 1. The van der Waals surface area contributed by atoms with Crippen LogP contribution in [0.2, 0.25) is 0 Å². The van der Waals surface area contributed by atoms with E-state index in [1.165, 1.54) is 0 Å². The molecule has 2 aromatic rings. The van der Waals surface area contributed by atoms with Crippen molar-refractivity contribution in [2.75, 3.05) is 5.73 Å². The van der Waals surface area contributed by atoms with Gasteiger partial charge in [0.25, 0.3) is 0 Å². The maximum Gasteiger partial charge on any atom is 0.340 e. The van der Waals surface area contributed by atoms with Gasteiger partial charge in [0, 0.05) is 12.2 Å². The Bertz CT molecular complexity index is 609. The number of carbonyl (C=O) groups excluding carboxylic acids is 1. The highest BCUT2D eigenvalue weighted by molar-refractivity contribution is 5.95. The molecular formula is C13H17N5O2. The molecule has 1 aromatic heterocycles. The lowest BCUT2D eigenvalue weighted by Gasteiger charge is -2.08. The Labute approximate surface area is 116 Å². The predicted molar refractivity (Wildman–Crippen MR) is 72.8 cm³/mol. The van der Waals surface area contributed by atoms with Gasteiger partial charge in [-0.1, -0.05) is 19.1 Å². The summed E-state index contributed by atoms with van der Waals surface area (Å²) in [6, 6.07) is 5.25. The molecule has 2 N–H and O–H groups in total. The molecule has 0 amide bonds. The number of carbonyl (C=O) groups is 1. The van der Waals surface area contributed by atoms with Crippen molar-refractivity contribution < 1.29 is 9.53 Å². The van der Waals surface area contributed by atoms with Crippen molar-refractivity contribution in [2.24, 2.45) is 0 Å². The number of esters is 1. The minimum Gasteiger partial charge on any atom is -0.454 e. The fourth-order valence-electron chi connectivity index (χ4n) is 1.78. The number of para-hydroxylation sites is 1. The SMILES string of the molecule is CCCn1nnnc1COC(=O)c1cccc(C)c1N. The number of hydrogen-bond acceptors (Lipinski definition) is 6.